The Hall–Kier alpha value is -0.830. The minimum absolute atomic E-state index is 0.490. The summed E-state index contributed by atoms with van der Waals surface area (Å²) in [5.74, 6) is -0.490. The van der Waals surface area contributed by atoms with Gasteiger partial charge in [-0.3, -0.25) is 4.79 Å². The van der Waals surface area contributed by atoms with Crippen LogP contribution in [0, 0.1) is 0 Å². The monoisotopic (exact) mass is 128 g/mol. The maximum absolute atomic E-state index is 10.3. The van der Waals surface area contributed by atoms with Crippen LogP contribution in [0.2, 0.25) is 0 Å². The van der Waals surface area contributed by atoms with E-state index in [4.69, 9.17) is 11.5 Å². The summed E-state index contributed by atoms with van der Waals surface area (Å²) in [6.07, 6.45) is 1.63. The zero-order valence-electron chi connectivity index (χ0n) is 5.72. The third-order valence-electron chi connectivity index (χ3n) is 0.841. The molecule has 1 amide bonds. The molecule has 3 heteroatoms. The molecule has 0 aliphatic carbocycles. The molecule has 0 aromatic heterocycles. The number of nitrogens with two attached hydrogens (primary N) is 2. The third-order valence-corrected chi connectivity index (χ3v) is 0.841. The zero-order chi connectivity index (χ0) is 7.44. The van der Waals surface area contributed by atoms with Crippen molar-refractivity contribution in [2.75, 3.05) is 0 Å². The van der Waals surface area contributed by atoms with Crippen molar-refractivity contribution in [3.63, 3.8) is 0 Å². The summed E-state index contributed by atoms with van der Waals surface area (Å²) >= 11 is 0. The van der Waals surface area contributed by atoms with Crippen LogP contribution in [0.1, 0.15) is 13.8 Å². The number of allylic oxidation sites excluding steroid dienone is 1. The molecule has 0 spiro atoms. The maximum atomic E-state index is 10.3. The molecule has 0 bridgehead atoms. The number of primary amides is 1. The minimum Gasteiger partial charge on any atom is -0.368 e. The van der Waals surface area contributed by atoms with Gasteiger partial charge in [0.1, 0.15) is 6.04 Å². The molecule has 4 N–H and O–H groups in total. The molecule has 0 aromatic rings. The van der Waals surface area contributed by atoms with E-state index in [1.165, 1.54) is 0 Å². The normalized spacial score (nSPS) is 12.3. The zero-order valence-corrected chi connectivity index (χ0v) is 5.72. The van der Waals surface area contributed by atoms with E-state index in [0.29, 0.717) is 0 Å². The van der Waals surface area contributed by atoms with Crippen LogP contribution >= 0.6 is 0 Å². The van der Waals surface area contributed by atoms with Crippen molar-refractivity contribution in [3.05, 3.63) is 11.6 Å². The van der Waals surface area contributed by atoms with Gasteiger partial charge >= 0.3 is 0 Å². The number of hydrogen-bond donors (Lipinski definition) is 2. The summed E-state index contributed by atoms with van der Waals surface area (Å²) < 4.78 is 0. The Morgan fingerprint density at radius 3 is 2.11 bits per heavy atom. The fourth-order valence-corrected chi connectivity index (χ4v) is 0.441. The molecule has 1 atom stereocenters. The number of amides is 1. The fraction of sp³-hybridized carbons (Fsp3) is 0.500. The van der Waals surface area contributed by atoms with Crippen molar-refractivity contribution < 1.29 is 4.79 Å². The predicted molar refractivity (Wildman–Crippen MR) is 36.6 cm³/mol. The van der Waals surface area contributed by atoms with Crippen molar-refractivity contribution in [2.45, 2.75) is 19.9 Å². The summed E-state index contributed by atoms with van der Waals surface area (Å²) in [6.45, 7) is 3.73. The van der Waals surface area contributed by atoms with Crippen molar-refractivity contribution in [3.8, 4) is 0 Å². The van der Waals surface area contributed by atoms with Gasteiger partial charge in [0.15, 0.2) is 0 Å². The second-order valence-electron chi connectivity index (χ2n) is 2.17. The summed E-state index contributed by atoms with van der Waals surface area (Å²) in [4.78, 5) is 10.3. The molecule has 0 rings (SSSR count). The van der Waals surface area contributed by atoms with E-state index in [-0.39, 0.29) is 0 Å². The molecule has 0 unspecified atom stereocenters. The van der Waals surface area contributed by atoms with E-state index < -0.39 is 11.9 Å². The van der Waals surface area contributed by atoms with Crippen molar-refractivity contribution in [1.29, 1.82) is 0 Å². The molecule has 9 heavy (non-hydrogen) atoms. The van der Waals surface area contributed by atoms with Crippen LogP contribution in [-0.4, -0.2) is 11.9 Å². The number of carbonyl (C=O) groups is 1. The van der Waals surface area contributed by atoms with Gasteiger partial charge in [-0.25, -0.2) is 0 Å². The molecule has 0 heterocycles. The Morgan fingerprint density at radius 2 is 2.00 bits per heavy atom. The van der Waals surface area contributed by atoms with Crippen LogP contribution in [0.3, 0.4) is 0 Å². The van der Waals surface area contributed by atoms with Crippen molar-refractivity contribution in [2.24, 2.45) is 11.5 Å². The topological polar surface area (TPSA) is 69.1 Å². The van der Waals surface area contributed by atoms with Gasteiger partial charge in [0.25, 0.3) is 0 Å². The molecule has 0 fully saturated rings. The van der Waals surface area contributed by atoms with E-state index in [0.717, 1.165) is 5.57 Å². The average Bonchev–Trinajstić information content (AvgIpc) is 1.63. The van der Waals surface area contributed by atoms with Gasteiger partial charge in [0.2, 0.25) is 5.91 Å². The minimum atomic E-state index is -0.630. The lowest BCUT2D eigenvalue weighted by Crippen LogP contribution is -2.34. The second-order valence-corrected chi connectivity index (χ2v) is 2.17. The molecule has 3 nitrogen and oxygen atoms in total. The Labute approximate surface area is 54.7 Å². The Kier molecular flexibility index (Phi) is 2.95. The van der Waals surface area contributed by atoms with Gasteiger partial charge < -0.3 is 11.5 Å². The molecule has 0 radical (unpaired) electrons. The largest absolute Gasteiger partial charge is 0.368 e. The second kappa shape index (κ2) is 3.25. The van der Waals surface area contributed by atoms with Gasteiger partial charge in [0, 0.05) is 0 Å². The highest BCUT2D eigenvalue weighted by Crippen LogP contribution is 1.90. The molecule has 0 aliphatic heterocycles. The first-order chi connectivity index (χ1) is 4.04. The molecule has 0 aromatic carbocycles. The number of rotatable bonds is 2. The van der Waals surface area contributed by atoms with Crippen LogP contribution in [0.4, 0.5) is 0 Å². The Morgan fingerprint density at radius 1 is 1.56 bits per heavy atom. The van der Waals surface area contributed by atoms with Crippen LogP contribution in [-0.2, 0) is 4.79 Å². The smallest absolute Gasteiger partial charge is 0.238 e. The first-order valence-corrected chi connectivity index (χ1v) is 2.74. The van der Waals surface area contributed by atoms with Gasteiger partial charge in [-0.15, -0.1) is 0 Å². The van der Waals surface area contributed by atoms with Gasteiger partial charge in [-0.1, -0.05) is 11.6 Å². The van der Waals surface area contributed by atoms with E-state index in [2.05, 4.69) is 0 Å². The van der Waals surface area contributed by atoms with E-state index in [9.17, 15) is 4.79 Å². The first-order valence-electron chi connectivity index (χ1n) is 2.74. The standard InChI is InChI=1S/C6H12N2O/c1-4(2)3-5(7)6(8)9/h3,5H,7H2,1-2H3,(H2,8,9)/t5-/m0/s1. The van der Waals surface area contributed by atoms with Crippen LogP contribution in [0.5, 0.6) is 0 Å². The molecular weight excluding hydrogens is 116 g/mol. The molecule has 0 saturated heterocycles. The van der Waals surface area contributed by atoms with Crippen molar-refractivity contribution in [1.82, 2.24) is 0 Å². The fourth-order valence-electron chi connectivity index (χ4n) is 0.441. The highest BCUT2D eigenvalue weighted by molar-refractivity contribution is 5.81. The lowest BCUT2D eigenvalue weighted by Gasteiger charge is -1.99. The van der Waals surface area contributed by atoms with Crippen LogP contribution in [0.15, 0.2) is 11.6 Å². The first kappa shape index (κ1) is 8.17. The SMILES string of the molecule is CC(C)=C[C@H](N)C(N)=O. The van der Waals surface area contributed by atoms with Crippen LogP contribution < -0.4 is 11.5 Å². The van der Waals surface area contributed by atoms with Gasteiger partial charge in [0.05, 0.1) is 0 Å². The summed E-state index contributed by atoms with van der Waals surface area (Å²) in [5.41, 5.74) is 11.1. The molecular formula is C6H12N2O. The molecule has 0 saturated carbocycles. The third kappa shape index (κ3) is 3.73. The molecule has 52 valence electrons. The van der Waals surface area contributed by atoms with Crippen molar-refractivity contribution >= 4 is 5.91 Å². The van der Waals surface area contributed by atoms with E-state index >= 15 is 0 Å². The quantitative estimate of drug-likeness (QED) is 0.504. The summed E-state index contributed by atoms with van der Waals surface area (Å²) in [6, 6.07) is -0.630. The van der Waals surface area contributed by atoms with Gasteiger partial charge in [-0.05, 0) is 13.8 Å². The average molecular weight is 128 g/mol. The van der Waals surface area contributed by atoms with Gasteiger partial charge in [-0.2, -0.15) is 0 Å². The Balaban J connectivity index is 3.91. The van der Waals surface area contributed by atoms with E-state index in [1.807, 2.05) is 13.8 Å². The lowest BCUT2D eigenvalue weighted by atomic mass is 10.2. The lowest BCUT2D eigenvalue weighted by molar-refractivity contribution is -0.118. The summed E-state index contributed by atoms with van der Waals surface area (Å²) in [7, 11) is 0. The predicted octanol–water partition coefficient (Wildman–Crippen LogP) is -0.235. The Bertz CT molecular complexity index is 136. The molecule has 0 aliphatic rings. The maximum Gasteiger partial charge on any atom is 0.238 e. The summed E-state index contributed by atoms with van der Waals surface area (Å²) in [5, 5.41) is 0. The van der Waals surface area contributed by atoms with Crippen LogP contribution in [0.25, 0.3) is 0 Å². The van der Waals surface area contributed by atoms with E-state index in [1.54, 1.807) is 6.08 Å². The highest BCUT2D eigenvalue weighted by Gasteiger charge is 2.02. The number of carbonyl (C=O) groups excluding carboxylic acids is 1. The highest BCUT2D eigenvalue weighted by atomic mass is 16.1. The number of hydrogen-bond acceptors (Lipinski definition) is 2.